The third-order valence-corrected chi connectivity index (χ3v) is 3.20. The highest BCUT2D eigenvalue weighted by Crippen LogP contribution is 2.27. The molecule has 1 heterocycles. The molecule has 0 aliphatic rings. The van der Waals surface area contributed by atoms with Crippen LogP contribution in [-0.2, 0) is 0 Å². The van der Waals surface area contributed by atoms with Crippen molar-refractivity contribution in [1.29, 1.82) is 0 Å². The highest BCUT2D eigenvalue weighted by molar-refractivity contribution is 7.14. The highest BCUT2D eigenvalue weighted by Gasteiger charge is 2.04. The van der Waals surface area contributed by atoms with E-state index in [-0.39, 0.29) is 13.2 Å². The molecule has 1 aromatic carbocycles. The summed E-state index contributed by atoms with van der Waals surface area (Å²) >= 11 is 1.37. The topological polar surface area (TPSA) is 102 Å². The molecule has 8 heteroatoms. The van der Waals surface area contributed by atoms with Gasteiger partial charge in [-0.3, -0.25) is 5.43 Å². The second-order valence-corrected chi connectivity index (χ2v) is 4.79. The molecule has 0 amide bonds. The molecule has 0 aliphatic carbocycles. The van der Waals surface area contributed by atoms with Gasteiger partial charge in [-0.15, -0.1) is 11.3 Å². The van der Waals surface area contributed by atoms with Crippen LogP contribution in [0, 0.1) is 0 Å². The zero-order valence-electron chi connectivity index (χ0n) is 11.4. The van der Waals surface area contributed by atoms with Crippen LogP contribution in [0.1, 0.15) is 5.56 Å². The minimum atomic E-state index is -0.0484. The van der Waals surface area contributed by atoms with Crippen LogP contribution in [-0.4, -0.2) is 36.6 Å². The van der Waals surface area contributed by atoms with Crippen LogP contribution < -0.4 is 20.6 Å². The Morgan fingerprint density at radius 2 is 2.33 bits per heavy atom. The summed E-state index contributed by atoms with van der Waals surface area (Å²) in [6.45, 7) is 0.171. The molecule has 4 N–H and O–H groups in total. The van der Waals surface area contributed by atoms with Crippen LogP contribution in [0.25, 0.3) is 0 Å². The van der Waals surface area contributed by atoms with Gasteiger partial charge in [0.1, 0.15) is 12.4 Å². The molecule has 0 unspecified atom stereocenters. The summed E-state index contributed by atoms with van der Waals surface area (Å²) in [6, 6.07) is 5.38. The predicted octanol–water partition coefficient (Wildman–Crippen LogP) is 1.55. The Kier molecular flexibility index (Phi) is 5.35. The summed E-state index contributed by atoms with van der Waals surface area (Å²) in [5.41, 5.74) is 9.14. The maximum atomic E-state index is 8.76. The molecule has 0 bridgehead atoms. The van der Waals surface area contributed by atoms with Gasteiger partial charge in [0.25, 0.3) is 0 Å². The molecule has 21 heavy (non-hydrogen) atoms. The van der Waals surface area contributed by atoms with Crippen LogP contribution in [0.3, 0.4) is 0 Å². The van der Waals surface area contributed by atoms with E-state index in [1.165, 1.54) is 11.3 Å². The number of aliphatic hydroxyl groups is 1. The second kappa shape index (κ2) is 7.46. The fourth-order valence-electron chi connectivity index (χ4n) is 1.54. The summed E-state index contributed by atoms with van der Waals surface area (Å²) in [5, 5.41) is 15.2. The number of hydrogen-bond acceptors (Lipinski definition) is 8. The molecular formula is C13H16N4O3S. The van der Waals surface area contributed by atoms with Crippen LogP contribution in [0.4, 0.5) is 10.9 Å². The van der Waals surface area contributed by atoms with Crippen LogP contribution in [0.5, 0.6) is 11.5 Å². The second-order valence-electron chi connectivity index (χ2n) is 3.93. The lowest BCUT2D eigenvalue weighted by Crippen LogP contribution is -2.03. The molecule has 0 spiro atoms. The average molecular weight is 308 g/mol. The number of benzene rings is 1. The smallest absolute Gasteiger partial charge is 0.205 e. The van der Waals surface area contributed by atoms with E-state index in [1.807, 2.05) is 6.07 Å². The number of hydrogen-bond donors (Lipinski definition) is 3. The van der Waals surface area contributed by atoms with Gasteiger partial charge in [0, 0.05) is 5.38 Å². The first-order valence-corrected chi connectivity index (χ1v) is 7.02. The fraction of sp³-hybridized carbons (Fsp3) is 0.231. The van der Waals surface area contributed by atoms with Crippen molar-refractivity contribution in [3.05, 3.63) is 29.1 Å². The number of nitrogens with one attached hydrogen (secondary N) is 1. The van der Waals surface area contributed by atoms with E-state index in [4.69, 9.17) is 20.3 Å². The Morgan fingerprint density at radius 1 is 1.48 bits per heavy atom. The van der Waals surface area contributed by atoms with E-state index < -0.39 is 0 Å². The lowest BCUT2D eigenvalue weighted by Gasteiger charge is -2.10. The Balaban J connectivity index is 2.02. The summed E-state index contributed by atoms with van der Waals surface area (Å²) in [7, 11) is 1.55. The number of aliphatic hydroxyl groups excluding tert-OH is 1. The van der Waals surface area contributed by atoms with Crippen molar-refractivity contribution in [3.8, 4) is 11.5 Å². The number of methoxy groups -OCH3 is 1. The number of nitrogens with two attached hydrogens (primary N) is 1. The normalized spacial score (nSPS) is 10.8. The van der Waals surface area contributed by atoms with Crippen molar-refractivity contribution in [2.24, 2.45) is 5.10 Å². The van der Waals surface area contributed by atoms with E-state index in [0.29, 0.717) is 22.4 Å². The Hall–Kier alpha value is -2.32. The third-order valence-electron chi connectivity index (χ3n) is 2.43. The maximum Gasteiger partial charge on any atom is 0.205 e. The van der Waals surface area contributed by atoms with Crippen molar-refractivity contribution in [1.82, 2.24) is 4.98 Å². The van der Waals surface area contributed by atoms with Gasteiger partial charge in [-0.25, -0.2) is 4.98 Å². The van der Waals surface area contributed by atoms with Gasteiger partial charge in [0.15, 0.2) is 11.5 Å². The number of anilines is 2. The van der Waals surface area contributed by atoms with Gasteiger partial charge < -0.3 is 20.3 Å². The van der Waals surface area contributed by atoms with Gasteiger partial charge in [0.05, 0.1) is 19.9 Å². The van der Waals surface area contributed by atoms with Crippen molar-refractivity contribution < 1.29 is 14.6 Å². The zero-order chi connectivity index (χ0) is 15.1. The maximum absolute atomic E-state index is 8.76. The monoisotopic (exact) mass is 308 g/mol. The molecule has 0 aliphatic heterocycles. The van der Waals surface area contributed by atoms with Crippen LogP contribution in [0.15, 0.2) is 28.7 Å². The number of hydrazone groups is 1. The first-order valence-electron chi connectivity index (χ1n) is 6.14. The first kappa shape index (κ1) is 15.1. The molecule has 0 fully saturated rings. The van der Waals surface area contributed by atoms with E-state index in [0.717, 1.165) is 5.56 Å². The van der Waals surface area contributed by atoms with Gasteiger partial charge in [-0.05, 0) is 23.8 Å². The summed E-state index contributed by atoms with van der Waals surface area (Å²) in [4.78, 5) is 4.03. The summed E-state index contributed by atoms with van der Waals surface area (Å²) in [5.74, 6) is 1.61. The van der Waals surface area contributed by atoms with Gasteiger partial charge in [-0.1, -0.05) is 0 Å². The molecule has 7 nitrogen and oxygen atoms in total. The molecule has 0 saturated carbocycles. The van der Waals surface area contributed by atoms with Crippen LogP contribution in [0.2, 0.25) is 0 Å². The lowest BCUT2D eigenvalue weighted by atomic mass is 10.2. The SMILES string of the molecule is COc1cc(C=NNc2nc(N)cs2)ccc1OCCO. The van der Waals surface area contributed by atoms with E-state index in [2.05, 4.69) is 15.5 Å². The molecule has 2 rings (SSSR count). The van der Waals surface area contributed by atoms with E-state index >= 15 is 0 Å². The summed E-state index contributed by atoms with van der Waals surface area (Å²) < 4.78 is 10.6. The van der Waals surface area contributed by atoms with E-state index in [1.54, 1.807) is 30.8 Å². The molecule has 2 aromatic rings. The molecular weight excluding hydrogens is 292 g/mol. The molecule has 0 radical (unpaired) electrons. The summed E-state index contributed by atoms with van der Waals surface area (Å²) in [6.07, 6.45) is 1.63. The molecule has 112 valence electrons. The number of thiazole rings is 1. The lowest BCUT2D eigenvalue weighted by molar-refractivity contribution is 0.196. The number of nitrogens with zero attached hydrogens (tertiary/aromatic N) is 2. The quantitative estimate of drug-likeness (QED) is 0.530. The fourth-order valence-corrected chi connectivity index (χ4v) is 2.09. The minimum absolute atomic E-state index is 0.0484. The number of nitrogen functional groups attached to an aromatic ring is 1. The third kappa shape index (κ3) is 4.33. The van der Waals surface area contributed by atoms with Crippen molar-refractivity contribution in [2.45, 2.75) is 0 Å². The molecule has 0 saturated heterocycles. The Morgan fingerprint density at radius 3 is 3.00 bits per heavy atom. The van der Waals surface area contributed by atoms with Crippen LogP contribution >= 0.6 is 11.3 Å². The first-order chi connectivity index (χ1) is 10.2. The van der Waals surface area contributed by atoms with Gasteiger partial charge in [0.2, 0.25) is 5.13 Å². The van der Waals surface area contributed by atoms with Crippen molar-refractivity contribution >= 4 is 28.5 Å². The zero-order valence-corrected chi connectivity index (χ0v) is 12.3. The molecule has 0 atom stereocenters. The number of aromatic nitrogens is 1. The standard InChI is InChI=1S/C13H16N4O3S/c1-19-11-6-9(2-3-10(11)20-5-4-18)7-15-17-13-16-12(14)8-21-13/h2-3,6-8,18H,4-5,14H2,1H3,(H,16,17). The predicted molar refractivity (Wildman–Crippen MR) is 83.3 cm³/mol. The highest BCUT2D eigenvalue weighted by atomic mass is 32.1. The van der Waals surface area contributed by atoms with Crippen molar-refractivity contribution in [3.63, 3.8) is 0 Å². The largest absolute Gasteiger partial charge is 0.493 e. The number of rotatable bonds is 7. The molecule has 1 aromatic heterocycles. The van der Waals surface area contributed by atoms with E-state index in [9.17, 15) is 0 Å². The van der Waals surface area contributed by atoms with Gasteiger partial charge in [-0.2, -0.15) is 5.10 Å². The average Bonchev–Trinajstić information content (AvgIpc) is 2.91. The number of ether oxygens (including phenoxy) is 2. The van der Waals surface area contributed by atoms with Crippen molar-refractivity contribution in [2.75, 3.05) is 31.5 Å². The Labute approximate surface area is 126 Å². The van der Waals surface area contributed by atoms with Gasteiger partial charge >= 0.3 is 0 Å². The Bertz CT molecular complexity index is 615. The minimum Gasteiger partial charge on any atom is -0.493 e.